The van der Waals surface area contributed by atoms with Crippen molar-refractivity contribution in [1.29, 1.82) is 0 Å². The normalized spacial score (nSPS) is 11.6. The first kappa shape index (κ1) is 24.7. The molecule has 0 fully saturated rings. The van der Waals surface area contributed by atoms with E-state index in [-0.39, 0.29) is 11.8 Å². The van der Waals surface area contributed by atoms with Gasteiger partial charge in [-0.1, -0.05) is 55.8 Å². The number of nitrogens with one attached hydrogen (secondary N) is 1. The third-order valence-corrected chi connectivity index (χ3v) is 5.29. The lowest BCUT2D eigenvalue weighted by atomic mass is 10.1. The lowest BCUT2D eigenvalue weighted by Gasteiger charge is -2.30. The predicted molar refractivity (Wildman–Crippen MR) is 125 cm³/mol. The SMILES string of the molecule is CCCNC(=O)[C@@H](CC)N(CCc1ccccc1)C(=O)CCCOc1ccc(Cl)cc1. The molecule has 6 heteroatoms. The number of hydrogen-bond acceptors (Lipinski definition) is 3. The molecule has 0 aliphatic heterocycles. The lowest BCUT2D eigenvalue weighted by molar-refractivity contribution is -0.140. The molecule has 0 aliphatic rings. The van der Waals surface area contributed by atoms with E-state index in [1.54, 1.807) is 17.0 Å². The third-order valence-electron chi connectivity index (χ3n) is 5.04. The van der Waals surface area contributed by atoms with Crippen LogP contribution in [0.3, 0.4) is 0 Å². The van der Waals surface area contributed by atoms with Gasteiger partial charge in [-0.25, -0.2) is 0 Å². The lowest BCUT2D eigenvalue weighted by Crippen LogP contribution is -2.50. The van der Waals surface area contributed by atoms with Crippen molar-refractivity contribution in [2.45, 2.75) is 52.0 Å². The number of carbonyl (C=O) groups is 2. The summed E-state index contributed by atoms with van der Waals surface area (Å²) in [4.78, 5) is 27.5. The van der Waals surface area contributed by atoms with E-state index in [4.69, 9.17) is 16.3 Å². The first-order valence-electron chi connectivity index (χ1n) is 11.0. The second-order valence-corrected chi connectivity index (χ2v) is 7.88. The summed E-state index contributed by atoms with van der Waals surface area (Å²) >= 11 is 5.89. The van der Waals surface area contributed by atoms with E-state index in [9.17, 15) is 9.59 Å². The maximum Gasteiger partial charge on any atom is 0.242 e. The third kappa shape index (κ3) is 8.62. The zero-order valence-electron chi connectivity index (χ0n) is 18.5. The number of carbonyl (C=O) groups excluding carboxylic acids is 2. The van der Waals surface area contributed by atoms with Crippen molar-refractivity contribution < 1.29 is 14.3 Å². The van der Waals surface area contributed by atoms with E-state index in [1.165, 1.54) is 0 Å². The fraction of sp³-hybridized carbons (Fsp3) is 0.440. The molecule has 31 heavy (non-hydrogen) atoms. The zero-order valence-corrected chi connectivity index (χ0v) is 19.2. The highest BCUT2D eigenvalue weighted by molar-refractivity contribution is 6.30. The van der Waals surface area contributed by atoms with Crippen LogP contribution in [0.5, 0.6) is 5.75 Å². The minimum absolute atomic E-state index is 0.0193. The Bertz CT molecular complexity index is 796. The second-order valence-electron chi connectivity index (χ2n) is 7.44. The smallest absolute Gasteiger partial charge is 0.242 e. The molecule has 0 saturated heterocycles. The first-order valence-corrected chi connectivity index (χ1v) is 11.4. The summed E-state index contributed by atoms with van der Waals surface area (Å²) in [5.74, 6) is 0.625. The summed E-state index contributed by atoms with van der Waals surface area (Å²) in [5, 5.41) is 3.60. The molecule has 2 rings (SSSR count). The van der Waals surface area contributed by atoms with Gasteiger partial charge in [-0.3, -0.25) is 9.59 Å². The van der Waals surface area contributed by atoms with Gasteiger partial charge in [-0.15, -0.1) is 0 Å². The molecule has 168 valence electrons. The summed E-state index contributed by atoms with van der Waals surface area (Å²) < 4.78 is 5.70. The number of benzene rings is 2. The van der Waals surface area contributed by atoms with E-state index >= 15 is 0 Å². The van der Waals surface area contributed by atoms with Crippen LogP contribution in [0.1, 0.15) is 45.1 Å². The van der Waals surface area contributed by atoms with Gasteiger partial charge in [0.1, 0.15) is 11.8 Å². The zero-order chi connectivity index (χ0) is 22.5. The highest BCUT2D eigenvalue weighted by atomic mass is 35.5. The number of hydrogen-bond donors (Lipinski definition) is 1. The molecule has 2 aromatic rings. The van der Waals surface area contributed by atoms with Crippen molar-refractivity contribution in [3.8, 4) is 5.75 Å². The predicted octanol–water partition coefficient (Wildman–Crippen LogP) is 4.88. The van der Waals surface area contributed by atoms with Gasteiger partial charge >= 0.3 is 0 Å². The van der Waals surface area contributed by atoms with E-state index in [2.05, 4.69) is 5.32 Å². The Labute approximate surface area is 190 Å². The van der Waals surface area contributed by atoms with Gasteiger partial charge in [0.05, 0.1) is 6.61 Å². The van der Waals surface area contributed by atoms with Crippen molar-refractivity contribution in [2.75, 3.05) is 19.7 Å². The van der Waals surface area contributed by atoms with Crippen molar-refractivity contribution in [3.05, 3.63) is 65.2 Å². The molecule has 2 amide bonds. The van der Waals surface area contributed by atoms with Gasteiger partial charge in [-0.05, 0) is 55.5 Å². The first-order chi connectivity index (χ1) is 15.0. The Morgan fingerprint density at radius 1 is 1.06 bits per heavy atom. The highest BCUT2D eigenvalue weighted by Crippen LogP contribution is 2.16. The highest BCUT2D eigenvalue weighted by Gasteiger charge is 2.27. The molecule has 1 N–H and O–H groups in total. The number of nitrogens with zero attached hydrogens (tertiary/aromatic N) is 1. The summed E-state index contributed by atoms with van der Waals surface area (Å²) in [7, 11) is 0. The van der Waals surface area contributed by atoms with Gasteiger partial charge in [-0.2, -0.15) is 0 Å². The topological polar surface area (TPSA) is 58.6 Å². The summed E-state index contributed by atoms with van der Waals surface area (Å²) in [6, 6.07) is 16.7. The van der Waals surface area contributed by atoms with Crippen LogP contribution in [-0.2, 0) is 16.0 Å². The fourth-order valence-corrected chi connectivity index (χ4v) is 3.48. The van der Waals surface area contributed by atoms with Gasteiger partial charge in [0.15, 0.2) is 0 Å². The largest absolute Gasteiger partial charge is 0.494 e. The minimum Gasteiger partial charge on any atom is -0.494 e. The van der Waals surface area contributed by atoms with Crippen LogP contribution in [0.25, 0.3) is 0 Å². The quantitative estimate of drug-likeness (QED) is 0.448. The molecule has 0 aliphatic carbocycles. The Kier molecular flexibility index (Phi) is 10.9. The van der Waals surface area contributed by atoms with Crippen LogP contribution in [0.2, 0.25) is 5.02 Å². The number of rotatable bonds is 13. The molecule has 0 unspecified atom stereocenters. The Hall–Kier alpha value is -2.53. The standard InChI is InChI=1S/C25H33ClN2O3/c1-3-17-27-25(30)23(4-2)28(18-16-20-9-6-5-7-10-20)24(29)11-8-19-31-22-14-12-21(26)13-15-22/h5-7,9-10,12-15,23H,3-4,8,11,16-19H2,1-2H3,(H,27,30)/t23-/m1/s1. The van der Waals surface area contributed by atoms with Crippen molar-refractivity contribution in [1.82, 2.24) is 10.2 Å². The number of halogens is 1. The maximum atomic E-state index is 13.1. The van der Waals surface area contributed by atoms with Gasteiger partial charge in [0, 0.05) is 24.5 Å². The van der Waals surface area contributed by atoms with Crippen LogP contribution in [0, 0.1) is 0 Å². The molecular weight excluding hydrogens is 412 g/mol. The summed E-state index contributed by atoms with van der Waals surface area (Å²) in [6.07, 6.45) is 3.07. The average molecular weight is 445 g/mol. The van der Waals surface area contributed by atoms with Crippen LogP contribution in [-0.4, -0.2) is 42.5 Å². The summed E-state index contributed by atoms with van der Waals surface area (Å²) in [6.45, 7) is 5.52. The monoisotopic (exact) mass is 444 g/mol. The maximum absolute atomic E-state index is 13.1. The number of ether oxygens (including phenoxy) is 1. The molecule has 0 saturated carbocycles. The van der Waals surface area contributed by atoms with Crippen molar-refractivity contribution in [3.63, 3.8) is 0 Å². The molecule has 1 atom stereocenters. The molecule has 0 heterocycles. The van der Waals surface area contributed by atoms with Gasteiger partial charge in [0.2, 0.25) is 11.8 Å². The molecule has 2 aromatic carbocycles. The Balaban J connectivity index is 1.96. The van der Waals surface area contributed by atoms with Crippen molar-refractivity contribution >= 4 is 23.4 Å². The fourth-order valence-electron chi connectivity index (χ4n) is 3.35. The van der Waals surface area contributed by atoms with Crippen LogP contribution < -0.4 is 10.1 Å². The molecule has 0 radical (unpaired) electrons. The van der Waals surface area contributed by atoms with Gasteiger partial charge < -0.3 is 15.0 Å². The molecule has 0 spiro atoms. The van der Waals surface area contributed by atoms with E-state index < -0.39 is 6.04 Å². The van der Waals surface area contributed by atoms with Crippen LogP contribution in [0.15, 0.2) is 54.6 Å². The Morgan fingerprint density at radius 2 is 1.77 bits per heavy atom. The molecule has 0 aromatic heterocycles. The molecule has 5 nitrogen and oxygen atoms in total. The second kappa shape index (κ2) is 13.7. The molecular formula is C25H33ClN2O3. The number of amides is 2. The van der Waals surface area contributed by atoms with E-state index in [1.807, 2.05) is 56.3 Å². The van der Waals surface area contributed by atoms with Crippen molar-refractivity contribution in [2.24, 2.45) is 0 Å². The summed E-state index contributed by atoms with van der Waals surface area (Å²) in [5.41, 5.74) is 1.15. The Morgan fingerprint density at radius 3 is 2.42 bits per heavy atom. The average Bonchev–Trinajstić information content (AvgIpc) is 2.79. The van der Waals surface area contributed by atoms with Gasteiger partial charge in [0.25, 0.3) is 0 Å². The van der Waals surface area contributed by atoms with Crippen LogP contribution in [0.4, 0.5) is 0 Å². The molecule has 0 bridgehead atoms. The van der Waals surface area contributed by atoms with E-state index in [0.29, 0.717) is 50.4 Å². The minimum atomic E-state index is -0.458. The van der Waals surface area contributed by atoms with Crippen LogP contribution >= 0.6 is 11.6 Å². The van der Waals surface area contributed by atoms with E-state index in [0.717, 1.165) is 17.7 Å².